The van der Waals surface area contributed by atoms with E-state index in [0.29, 0.717) is 5.56 Å². The Morgan fingerprint density at radius 3 is 2.90 bits per heavy atom. The van der Waals surface area contributed by atoms with E-state index in [1.807, 2.05) is 0 Å². The van der Waals surface area contributed by atoms with Crippen LogP contribution in [0, 0.1) is 17.0 Å². The summed E-state index contributed by atoms with van der Waals surface area (Å²) < 4.78 is 5.45. The molecule has 1 heterocycles. The molecule has 0 saturated carbocycles. The Hall–Kier alpha value is -2.45. The number of aryl methyl sites for hydroxylation is 1. The molecule has 9 heteroatoms. The van der Waals surface area contributed by atoms with Crippen molar-refractivity contribution in [2.24, 2.45) is 5.84 Å². The lowest BCUT2D eigenvalue weighted by molar-refractivity contribution is -0.385. The molecule has 8 nitrogen and oxygen atoms in total. The molecule has 0 unspecified atom stereocenters. The Bertz CT molecular complexity index is 665. The molecule has 0 aliphatic rings. The number of rotatable bonds is 4. The molecule has 0 aliphatic carbocycles. The van der Waals surface area contributed by atoms with Crippen LogP contribution in [-0.2, 0) is 0 Å². The fourth-order valence-corrected chi connectivity index (χ4v) is 1.59. The lowest BCUT2D eigenvalue weighted by atomic mass is 10.3. The van der Waals surface area contributed by atoms with E-state index in [9.17, 15) is 10.1 Å². The van der Waals surface area contributed by atoms with Crippen LogP contribution >= 0.6 is 11.6 Å². The number of hydrazine groups is 1. The van der Waals surface area contributed by atoms with Crippen molar-refractivity contribution in [1.29, 1.82) is 0 Å². The summed E-state index contributed by atoms with van der Waals surface area (Å²) in [5, 5.41) is 11.2. The van der Waals surface area contributed by atoms with E-state index in [-0.39, 0.29) is 28.3 Å². The quantitative estimate of drug-likeness (QED) is 0.505. The van der Waals surface area contributed by atoms with Gasteiger partial charge in [-0.05, 0) is 19.1 Å². The molecule has 0 aliphatic heterocycles. The fourth-order valence-electron chi connectivity index (χ4n) is 1.42. The molecule has 0 atom stereocenters. The monoisotopic (exact) mass is 295 g/mol. The fraction of sp³-hybridized carbons (Fsp3) is 0.0909. The highest BCUT2D eigenvalue weighted by atomic mass is 35.5. The van der Waals surface area contributed by atoms with Gasteiger partial charge >= 0.3 is 5.69 Å². The average Bonchev–Trinajstić information content (AvgIpc) is 2.42. The van der Waals surface area contributed by atoms with Crippen molar-refractivity contribution in [2.75, 3.05) is 5.43 Å². The highest BCUT2D eigenvalue weighted by Crippen LogP contribution is 2.33. The maximum atomic E-state index is 11.0. The number of hydrogen-bond acceptors (Lipinski definition) is 7. The van der Waals surface area contributed by atoms with Crippen LogP contribution in [0.3, 0.4) is 0 Å². The van der Waals surface area contributed by atoms with Gasteiger partial charge in [-0.15, -0.1) is 0 Å². The highest BCUT2D eigenvalue weighted by molar-refractivity contribution is 6.30. The van der Waals surface area contributed by atoms with Crippen LogP contribution in [0.1, 0.15) is 5.56 Å². The lowest BCUT2D eigenvalue weighted by Crippen LogP contribution is -2.11. The van der Waals surface area contributed by atoms with Gasteiger partial charge in [0.1, 0.15) is 0 Å². The van der Waals surface area contributed by atoms with Gasteiger partial charge in [-0.25, -0.2) is 10.8 Å². The molecule has 20 heavy (non-hydrogen) atoms. The van der Waals surface area contributed by atoms with Crippen molar-refractivity contribution in [3.8, 4) is 11.6 Å². The molecule has 3 N–H and O–H groups in total. The van der Waals surface area contributed by atoms with Gasteiger partial charge in [0.15, 0.2) is 0 Å². The zero-order valence-electron chi connectivity index (χ0n) is 10.3. The number of nitrogens with two attached hydrogens (primary N) is 1. The van der Waals surface area contributed by atoms with Gasteiger partial charge in [0.2, 0.25) is 17.6 Å². The normalized spacial score (nSPS) is 10.2. The highest BCUT2D eigenvalue weighted by Gasteiger charge is 2.18. The number of halogens is 1. The first-order valence-electron chi connectivity index (χ1n) is 5.43. The van der Waals surface area contributed by atoms with Crippen LogP contribution in [0.4, 0.5) is 11.6 Å². The van der Waals surface area contributed by atoms with Gasteiger partial charge in [0.05, 0.1) is 4.92 Å². The second-order valence-corrected chi connectivity index (χ2v) is 4.23. The van der Waals surface area contributed by atoms with Crippen LogP contribution in [0.2, 0.25) is 5.02 Å². The molecule has 0 bridgehead atoms. The first-order valence-corrected chi connectivity index (χ1v) is 5.81. The summed E-state index contributed by atoms with van der Waals surface area (Å²) in [6.45, 7) is 1.71. The standard InChI is InChI=1S/C11H10ClN5O3/c1-6-5-14-11(16-13)15-10(6)20-9-3-2-7(12)4-8(9)17(18)19/h2-5H,13H2,1H3,(H,14,15,16). The predicted molar refractivity (Wildman–Crippen MR) is 72.8 cm³/mol. The Balaban J connectivity index is 2.42. The summed E-state index contributed by atoms with van der Waals surface area (Å²) in [6.07, 6.45) is 1.49. The number of nitro groups is 1. The maximum Gasteiger partial charge on any atom is 0.313 e. The van der Waals surface area contributed by atoms with Gasteiger partial charge in [-0.2, -0.15) is 4.98 Å². The third-order valence-corrected chi connectivity index (χ3v) is 2.61. The smallest absolute Gasteiger partial charge is 0.313 e. The third kappa shape index (κ3) is 2.92. The van der Waals surface area contributed by atoms with Crippen LogP contribution in [0.15, 0.2) is 24.4 Å². The van der Waals surface area contributed by atoms with E-state index in [1.165, 1.54) is 24.4 Å². The molecular formula is C11H10ClN5O3. The lowest BCUT2D eigenvalue weighted by Gasteiger charge is -2.09. The van der Waals surface area contributed by atoms with E-state index in [4.69, 9.17) is 22.2 Å². The molecule has 0 spiro atoms. The Morgan fingerprint density at radius 1 is 1.50 bits per heavy atom. The van der Waals surface area contributed by atoms with Crippen LogP contribution < -0.4 is 16.0 Å². The second kappa shape index (κ2) is 5.68. The minimum atomic E-state index is -0.584. The van der Waals surface area contributed by atoms with Crippen molar-refractivity contribution in [3.63, 3.8) is 0 Å². The van der Waals surface area contributed by atoms with Crippen molar-refractivity contribution in [2.45, 2.75) is 6.92 Å². The SMILES string of the molecule is Cc1cnc(NN)nc1Oc1ccc(Cl)cc1[N+](=O)[O-]. The molecule has 2 rings (SSSR count). The number of nitrogen functional groups attached to an aromatic ring is 1. The number of ether oxygens (including phenoxy) is 1. The van der Waals surface area contributed by atoms with Gasteiger partial charge in [-0.1, -0.05) is 11.6 Å². The molecule has 1 aromatic heterocycles. The van der Waals surface area contributed by atoms with Gasteiger partial charge in [0.25, 0.3) is 0 Å². The Kier molecular flexibility index (Phi) is 3.97. The zero-order valence-corrected chi connectivity index (χ0v) is 11.1. The van der Waals surface area contributed by atoms with Crippen LogP contribution in [-0.4, -0.2) is 14.9 Å². The number of benzene rings is 1. The van der Waals surface area contributed by atoms with E-state index in [2.05, 4.69) is 15.4 Å². The summed E-state index contributed by atoms with van der Waals surface area (Å²) in [4.78, 5) is 18.3. The summed E-state index contributed by atoms with van der Waals surface area (Å²) in [5.74, 6) is 5.54. The van der Waals surface area contributed by atoms with E-state index < -0.39 is 4.92 Å². The zero-order chi connectivity index (χ0) is 14.7. The molecule has 0 amide bonds. The number of hydrogen-bond donors (Lipinski definition) is 2. The minimum absolute atomic E-state index is 0.0316. The second-order valence-electron chi connectivity index (χ2n) is 3.80. The number of nitrogens with zero attached hydrogens (tertiary/aromatic N) is 3. The van der Waals surface area contributed by atoms with E-state index >= 15 is 0 Å². The van der Waals surface area contributed by atoms with Gasteiger partial charge in [0, 0.05) is 22.8 Å². The van der Waals surface area contributed by atoms with E-state index in [1.54, 1.807) is 6.92 Å². The number of nitrogens with one attached hydrogen (secondary N) is 1. The molecule has 0 saturated heterocycles. The minimum Gasteiger partial charge on any atom is -0.431 e. The van der Waals surface area contributed by atoms with Crippen molar-refractivity contribution >= 4 is 23.2 Å². The molecule has 0 radical (unpaired) electrons. The summed E-state index contributed by atoms with van der Waals surface area (Å²) in [5.41, 5.74) is 2.62. The summed E-state index contributed by atoms with van der Waals surface area (Å²) >= 11 is 5.73. The molecular weight excluding hydrogens is 286 g/mol. The number of nitro benzene ring substituents is 1. The van der Waals surface area contributed by atoms with Gasteiger partial charge in [-0.3, -0.25) is 15.5 Å². The third-order valence-electron chi connectivity index (χ3n) is 2.38. The van der Waals surface area contributed by atoms with Crippen LogP contribution in [0.25, 0.3) is 0 Å². The molecule has 104 valence electrons. The Labute approximate surface area is 118 Å². The summed E-state index contributed by atoms with van der Waals surface area (Å²) in [7, 11) is 0. The number of anilines is 1. The topological polar surface area (TPSA) is 116 Å². The largest absolute Gasteiger partial charge is 0.431 e. The van der Waals surface area contributed by atoms with Crippen LogP contribution in [0.5, 0.6) is 11.6 Å². The molecule has 1 aromatic carbocycles. The maximum absolute atomic E-state index is 11.0. The first-order chi connectivity index (χ1) is 9.51. The molecule has 2 aromatic rings. The first kappa shape index (κ1) is 14.0. The average molecular weight is 296 g/mol. The van der Waals surface area contributed by atoms with E-state index in [0.717, 1.165) is 0 Å². The van der Waals surface area contributed by atoms with Crippen molar-refractivity contribution in [1.82, 2.24) is 9.97 Å². The summed E-state index contributed by atoms with van der Waals surface area (Å²) in [6, 6.07) is 4.09. The molecule has 0 fully saturated rings. The van der Waals surface area contributed by atoms with Crippen molar-refractivity contribution < 1.29 is 9.66 Å². The van der Waals surface area contributed by atoms with Gasteiger partial charge < -0.3 is 4.74 Å². The number of aromatic nitrogens is 2. The predicted octanol–water partition coefficient (Wildman–Crippen LogP) is 2.42. The van der Waals surface area contributed by atoms with Crippen molar-refractivity contribution in [3.05, 3.63) is 45.1 Å². The Morgan fingerprint density at radius 2 is 2.25 bits per heavy atom.